The largest absolute Gasteiger partial charge is 0.481 e. The minimum atomic E-state index is -0.804. The number of carbonyl (C=O) groups is 1. The van der Waals surface area contributed by atoms with Crippen LogP contribution in [0.3, 0.4) is 0 Å². The maximum Gasteiger partial charge on any atom is 0.307 e. The molecule has 2 N–H and O–H groups in total. The molecule has 0 heterocycles. The van der Waals surface area contributed by atoms with Crippen molar-refractivity contribution < 1.29 is 9.90 Å². The SMILES string of the molecule is CC(CNCc1ccc(Cl)c(Cl)c1)C(=O)O. The molecule has 0 aliphatic carbocycles. The van der Waals surface area contributed by atoms with Gasteiger partial charge in [-0.25, -0.2) is 0 Å². The Hall–Kier alpha value is -0.770. The molecule has 0 bridgehead atoms. The van der Waals surface area contributed by atoms with Gasteiger partial charge in [-0.1, -0.05) is 36.2 Å². The summed E-state index contributed by atoms with van der Waals surface area (Å²) >= 11 is 11.6. The predicted molar refractivity (Wildman–Crippen MR) is 65.0 cm³/mol. The average molecular weight is 262 g/mol. The van der Waals surface area contributed by atoms with Crippen molar-refractivity contribution in [3.05, 3.63) is 33.8 Å². The standard InChI is InChI=1S/C11H13Cl2NO2/c1-7(11(15)16)5-14-6-8-2-3-9(12)10(13)4-8/h2-4,7,14H,5-6H2,1H3,(H,15,16). The summed E-state index contributed by atoms with van der Waals surface area (Å²) in [6.07, 6.45) is 0. The van der Waals surface area contributed by atoms with Crippen molar-refractivity contribution in [1.29, 1.82) is 0 Å². The van der Waals surface area contributed by atoms with E-state index < -0.39 is 11.9 Å². The van der Waals surface area contributed by atoms with Crippen LogP contribution >= 0.6 is 23.2 Å². The van der Waals surface area contributed by atoms with E-state index in [-0.39, 0.29) is 0 Å². The second-order valence-electron chi connectivity index (χ2n) is 3.62. The number of benzene rings is 1. The van der Waals surface area contributed by atoms with Crippen LogP contribution in [0.1, 0.15) is 12.5 Å². The molecule has 0 fully saturated rings. The lowest BCUT2D eigenvalue weighted by Gasteiger charge is -2.08. The molecule has 1 aromatic carbocycles. The molecule has 0 saturated carbocycles. The monoisotopic (exact) mass is 261 g/mol. The lowest BCUT2D eigenvalue weighted by atomic mass is 10.1. The summed E-state index contributed by atoms with van der Waals surface area (Å²) in [5.74, 6) is -1.20. The average Bonchev–Trinajstić information content (AvgIpc) is 2.23. The smallest absolute Gasteiger partial charge is 0.307 e. The van der Waals surface area contributed by atoms with E-state index in [9.17, 15) is 4.79 Å². The number of hydrogen-bond donors (Lipinski definition) is 2. The summed E-state index contributed by atoms with van der Waals surface area (Å²) in [7, 11) is 0. The van der Waals surface area contributed by atoms with Gasteiger partial charge in [0.1, 0.15) is 0 Å². The summed E-state index contributed by atoms with van der Waals surface area (Å²) < 4.78 is 0. The third kappa shape index (κ3) is 4.00. The van der Waals surface area contributed by atoms with Crippen molar-refractivity contribution in [1.82, 2.24) is 5.32 Å². The topological polar surface area (TPSA) is 49.3 Å². The first-order chi connectivity index (χ1) is 7.50. The van der Waals surface area contributed by atoms with E-state index in [0.717, 1.165) is 5.56 Å². The minimum absolute atomic E-state index is 0.400. The summed E-state index contributed by atoms with van der Waals surface area (Å²) in [6, 6.07) is 5.34. The Balaban J connectivity index is 2.43. The quantitative estimate of drug-likeness (QED) is 0.857. The molecule has 0 aromatic heterocycles. The van der Waals surface area contributed by atoms with Gasteiger partial charge in [0, 0.05) is 13.1 Å². The number of carboxylic acid groups (broad SMARTS) is 1. The number of nitrogens with one attached hydrogen (secondary N) is 1. The van der Waals surface area contributed by atoms with Crippen LogP contribution in [0.25, 0.3) is 0 Å². The van der Waals surface area contributed by atoms with E-state index in [4.69, 9.17) is 28.3 Å². The minimum Gasteiger partial charge on any atom is -0.481 e. The Morgan fingerprint density at radius 3 is 2.69 bits per heavy atom. The summed E-state index contributed by atoms with van der Waals surface area (Å²) in [5, 5.41) is 12.8. The Morgan fingerprint density at radius 2 is 2.12 bits per heavy atom. The van der Waals surface area contributed by atoms with Crippen LogP contribution in [0.15, 0.2) is 18.2 Å². The molecule has 0 aliphatic rings. The van der Waals surface area contributed by atoms with Crippen LogP contribution in [0.5, 0.6) is 0 Å². The molecule has 3 nitrogen and oxygen atoms in total. The third-order valence-electron chi connectivity index (χ3n) is 2.19. The van der Waals surface area contributed by atoms with E-state index in [1.54, 1.807) is 19.1 Å². The van der Waals surface area contributed by atoms with Crippen LogP contribution in [0, 0.1) is 5.92 Å². The Kier molecular flexibility index (Phi) is 5.06. The van der Waals surface area contributed by atoms with E-state index in [1.165, 1.54) is 0 Å². The zero-order valence-electron chi connectivity index (χ0n) is 8.84. The fourth-order valence-corrected chi connectivity index (χ4v) is 1.49. The molecule has 1 aromatic rings. The van der Waals surface area contributed by atoms with E-state index >= 15 is 0 Å². The molecule has 0 aliphatic heterocycles. The molecule has 88 valence electrons. The first-order valence-electron chi connectivity index (χ1n) is 4.88. The van der Waals surface area contributed by atoms with Gasteiger partial charge in [-0.05, 0) is 17.7 Å². The van der Waals surface area contributed by atoms with Gasteiger partial charge >= 0.3 is 5.97 Å². The maximum atomic E-state index is 10.6. The van der Waals surface area contributed by atoms with E-state index in [0.29, 0.717) is 23.1 Å². The van der Waals surface area contributed by atoms with Crippen LogP contribution in [-0.4, -0.2) is 17.6 Å². The zero-order valence-corrected chi connectivity index (χ0v) is 10.3. The molecule has 0 amide bonds. The Bertz CT molecular complexity index is 382. The highest BCUT2D eigenvalue weighted by atomic mass is 35.5. The molecular weight excluding hydrogens is 249 g/mol. The van der Waals surface area contributed by atoms with Gasteiger partial charge in [0.25, 0.3) is 0 Å². The van der Waals surface area contributed by atoms with Gasteiger partial charge in [0.2, 0.25) is 0 Å². The molecule has 1 unspecified atom stereocenters. The second kappa shape index (κ2) is 6.09. The van der Waals surface area contributed by atoms with Crippen molar-refractivity contribution in [2.24, 2.45) is 5.92 Å². The van der Waals surface area contributed by atoms with Crippen LogP contribution in [0.2, 0.25) is 10.0 Å². The maximum absolute atomic E-state index is 10.6. The number of halogens is 2. The fourth-order valence-electron chi connectivity index (χ4n) is 1.17. The number of rotatable bonds is 5. The van der Waals surface area contributed by atoms with Crippen molar-refractivity contribution >= 4 is 29.2 Å². The van der Waals surface area contributed by atoms with Crippen LogP contribution in [0.4, 0.5) is 0 Å². The highest BCUT2D eigenvalue weighted by Crippen LogP contribution is 2.22. The molecule has 5 heteroatoms. The van der Waals surface area contributed by atoms with Gasteiger partial charge in [0.15, 0.2) is 0 Å². The zero-order chi connectivity index (χ0) is 12.1. The number of aliphatic carboxylic acids is 1. The molecule has 0 saturated heterocycles. The van der Waals surface area contributed by atoms with Gasteiger partial charge in [-0.15, -0.1) is 0 Å². The van der Waals surface area contributed by atoms with E-state index in [1.807, 2.05) is 6.07 Å². The van der Waals surface area contributed by atoms with Crippen molar-refractivity contribution in [2.45, 2.75) is 13.5 Å². The van der Waals surface area contributed by atoms with Crippen molar-refractivity contribution in [3.8, 4) is 0 Å². The van der Waals surface area contributed by atoms with Gasteiger partial charge in [0.05, 0.1) is 16.0 Å². The van der Waals surface area contributed by atoms with E-state index in [2.05, 4.69) is 5.32 Å². The van der Waals surface area contributed by atoms with Gasteiger partial charge < -0.3 is 10.4 Å². The van der Waals surface area contributed by atoms with Crippen LogP contribution < -0.4 is 5.32 Å². The Labute approximate surface area is 104 Å². The summed E-state index contributed by atoms with van der Waals surface area (Å²) in [5.41, 5.74) is 0.979. The lowest BCUT2D eigenvalue weighted by Crippen LogP contribution is -2.25. The fraction of sp³-hybridized carbons (Fsp3) is 0.364. The normalized spacial score (nSPS) is 12.4. The lowest BCUT2D eigenvalue weighted by molar-refractivity contribution is -0.140. The van der Waals surface area contributed by atoms with Gasteiger partial charge in [-0.3, -0.25) is 4.79 Å². The molecular formula is C11H13Cl2NO2. The number of hydrogen-bond acceptors (Lipinski definition) is 2. The highest BCUT2D eigenvalue weighted by molar-refractivity contribution is 6.42. The van der Waals surface area contributed by atoms with Crippen molar-refractivity contribution in [3.63, 3.8) is 0 Å². The third-order valence-corrected chi connectivity index (χ3v) is 2.92. The predicted octanol–water partition coefficient (Wildman–Crippen LogP) is 2.80. The second-order valence-corrected chi connectivity index (χ2v) is 4.43. The summed E-state index contributed by atoms with van der Waals surface area (Å²) in [4.78, 5) is 10.6. The van der Waals surface area contributed by atoms with Gasteiger partial charge in [-0.2, -0.15) is 0 Å². The molecule has 0 spiro atoms. The molecule has 1 rings (SSSR count). The first-order valence-corrected chi connectivity index (χ1v) is 5.63. The Morgan fingerprint density at radius 1 is 1.44 bits per heavy atom. The molecule has 16 heavy (non-hydrogen) atoms. The van der Waals surface area contributed by atoms with Crippen LogP contribution in [-0.2, 0) is 11.3 Å². The number of carboxylic acids is 1. The first kappa shape index (κ1) is 13.3. The van der Waals surface area contributed by atoms with Crippen molar-refractivity contribution in [2.75, 3.05) is 6.54 Å². The molecule has 1 atom stereocenters. The summed E-state index contributed by atoms with van der Waals surface area (Å²) in [6.45, 7) is 2.66. The highest BCUT2D eigenvalue weighted by Gasteiger charge is 2.09. The molecule has 0 radical (unpaired) electrons.